The number of hydrogen-bond acceptors (Lipinski definition) is 3. The van der Waals surface area contributed by atoms with Crippen molar-refractivity contribution in [3.8, 4) is 0 Å². The summed E-state index contributed by atoms with van der Waals surface area (Å²) in [6.45, 7) is 4.06. The van der Waals surface area contributed by atoms with E-state index in [0.29, 0.717) is 10.2 Å². The molecule has 1 aromatic carbocycles. The summed E-state index contributed by atoms with van der Waals surface area (Å²) in [6, 6.07) is 4.25. The normalized spacial score (nSPS) is 11.8. The van der Waals surface area contributed by atoms with E-state index in [0.717, 1.165) is 17.9 Å². The van der Waals surface area contributed by atoms with Crippen molar-refractivity contribution in [1.29, 1.82) is 0 Å². The van der Waals surface area contributed by atoms with E-state index in [1.54, 1.807) is 6.07 Å². The van der Waals surface area contributed by atoms with E-state index in [2.05, 4.69) is 33.5 Å². The zero-order chi connectivity index (χ0) is 15.8. The van der Waals surface area contributed by atoms with Gasteiger partial charge in [0.1, 0.15) is 0 Å². The lowest BCUT2D eigenvalue weighted by atomic mass is 10.2. The predicted octanol–water partition coefficient (Wildman–Crippen LogP) is 3.80. The molecule has 1 aromatic rings. The van der Waals surface area contributed by atoms with Crippen LogP contribution in [0.3, 0.4) is 0 Å². The number of carboxylic acids is 1. The van der Waals surface area contributed by atoms with Crippen LogP contribution in [0.2, 0.25) is 0 Å². The average Bonchev–Trinajstić information content (AvgIpc) is 2.41. The smallest absolute Gasteiger partial charge is 0.335 e. The van der Waals surface area contributed by atoms with E-state index < -0.39 is 5.97 Å². The Kier molecular flexibility index (Phi) is 7.60. The third kappa shape index (κ3) is 6.39. The molecule has 1 atom stereocenters. The monoisotopic (exact) mass is 374 g/mol. The first-order chi connectivity index (χ1) is 9.93. The third-order valence-corrected chi connectivity index (χ3v) is 4.33. The maximum Gasteiger partial charge on any atom is 0.335 e. The molecular formula is C14H19BrN2O3S. The minimum atomic E-state index is -1.01. The molecule has 0 heterocycles. The van der Waals surface area contributed by atoms with Gasteiger partial charge in [-0.25, -0.2) is 9.59 Å². The Labute approximate surface area is 137 Å². The molecule has 0 saturated heterocycles. The number of urea groups is 1. The number of thioether (sulfide) groups is 1. The van der Waals surface area contributed by atoms with Crippen LogP contribution in [0.15, 0.2) is 22.7 Å². The highest BCUT2D eigenvalue weighted by Gasteiger charge is 2.11. The number of hydrogen-bond donors (Lipinski definition) is 3. The van der Waals surface area contributed by atoms with Gasteiger partial charge in [0.05, 0.1) is 11.3 Å². The molecule has 0 spiro atoms. The van der Waals surface area contributed by atoms with Gasteiger partial charge in [-0.2, -0.15) is 11.8 Å². The van der Waals surface area contributed by atoms with E-state index in [9.17, 15) is 9.59 Å². The van der Waals surface area contributed by atoms with Gasteiger partial charge in [-0.3, -0.25) is 0 Å². The average molecular weight is 375 g/mol. The fourth-order valence-corrected chi connectivity index (χ4v) is 2.90. The number of rotatable bonds is 7. The van der Waals surface area contributed by atoms with Crippen LogP contribution in [0.4, 0.5) is 10.5 Å². The molecule has 5 nitrogen and oxygen atoms in total. The zero-order valence-electron chi connectivity index (χ0n) is 12.0. The van der Waals surface area contributed by atoms with E-state index in [-0.39, 0.29) is 17.6 Å². The predicted molar refractivity (Wildman–Crippen MR) is 90.3 cm³/mol. The van der Waals surface area contributed by atoms with Crippen LogP contribution in [0.1, 0.15) is 30.6 Å². The van der Waals surface area contributed by atoms with E-state index in [4.69, 9.17) is 5.11 Å². The third-order valence-electron chi connectivity index (χ3n) is 2.74. The van der Waals surface area contributed by atoms with Gasteiger partial charge in [-0.1, -0.05) is 6.92 Å². The van der Waals surface area contributed by atoms with E-state index >= 15 is 0 Å². The Morgan fingerprint density at radius 1 is 1.43 bits per heavy atom. The van der Waals surface area contributed by atoms with Crippen molar-refractivity contribution < 1.29 is 14.7 Å². The number of anilines is 1. The number of benzene rings is 1. The Morgan fingerprint density at radius 3 is 2.71 bits per heavy atom. The van der Waals surface area contributed by atoms with Crippen LogP contribution in [-0.4, -0.2) is 34.7 Å². The fourth-order valence-electron chi connectivity index (χ4n) is 1.61. The summed E-state index contributed by atoms with van der Waals surface area (Å²) in [4.78, 5) is 22.7. The Hall–Kier alpha value is -1.21. The lowest BCUT2D eigenvalue weighted by Crippen LogP contribution is -2.36. The van der Waals surface area contributed by atoms with Crippen LogP contribution in [0.5, 0.6) is 0 Å². The second kappa shape index (κ2) is 8.94. The summed E-state index contributed by atoms with van der Waals surface area (Å²) in [5, 5.41) is 14.4. The van der Waals surface area contributed by atoms with Crippen molar-refractivity contribution >= 4 is 45.4 Å². The van der Waals surface area contributed by atoms with Crippen LogP contribution in [-0.2, 0) is 0 Å². The molecule has 0 bridgehead atoms. The number of carbonyl (C=O) groups excluding carboxylic acids is 1. The van der Waals surface area contributed by atoms with Gasteiger partial charge in [-0.05, 0) is 59.0 Å². The molecule has 21 heavy (non-hydrogen) atoms. The molecule has 2 amide bonds. The molecule has 0 aliphatic carbocycles. The van der Waals surface area contributed by atoms with Crippen molar-refractivity contribution in [3.05, 3.63) is 28.2 Å². The van der Waals surface area contributed by atoms with Gasteiger partial charge >= 0.3 is 12.0 Å². The van der Waals surface area contributed by atoms with Crippen LogP contribution < -0.4 is 10.6 Å². The summed E-state index contributed by atoms with van der Waals surface area (Å²) in [6.07, 6.45) is 0.908. The highest BCUT2D eigenvalue weighted by atomic mass is 79.9. The van der Waals surface area contributed by atoms with Crippen LogP contribution >= 0.6 is 27.7 Å². The van der Waals surface area contributed by atoms with Gasteiger partial charge in [0.15, 0.2) is 0 Å². The first kappa shape index (κ1) is 17.8. The van der Waals surface area contributed by atoms with Crippen molar-refractivity contribution in [2.75, 3.05) is 16.8 Å². The van der Waals surface area contributed by atoms with Crippen LogP contribution in [0.25, 0.3) is 0 Å². The van der Waals surface area contributed by atoms with Gasteiger partial charge in [-0.15, -0.1) is 0 Å². The van der Waals surface area contributed by atoms with Gasteiger partial charge in [0.25, 0.3) is 0 Å². The summed E-state index contributed by atoms with van der Waals surface area (Å²) >= 11 is 5.09. The molecule has 0 aliphatic rings. The summed E-state index contributed by atoms with van der Waals surface area (Å²) in [5.74, 6) is 1.07. The molecule has 0 aliphatic heterocycles. The minimum absolute atomic E-state index is 0.0844. The molecule has 0 aromatic heterocycles. The van der Waals surface area contributed by atoms with Gasteiger partial charge in [0, 0.05) is 10.5 Å². The van der Waals surface area contributed by atoms with Crippen molar-refractivity contribution in [1.82, 2.24) is 5.32 Å². The Bertz CT molecular complexity index is 511. The Morgan fingerprint density at radius 2 is 2.14 bits per heavy atom. The number of carbonyl (C=O) groups is 2. The standard InChI is InChI=1S/C14H19BrN2O3S/c1-3-21-7-6-9(2)16-14(20)17-12-5-4-10(13(18)19)8-11(12)15/h4-5,8-9H,3,6-7H2,1-2H3,(H,18,19)(H2,16,17,20). The lowest BCUT2D eigenvalue weighted by Gasteiger charge is -2.15. The van der Waals surface area contributed by atoms with E-state index in [1.165, 1.54) is 12.1 Å². The number of halogens is 1. The second-order valence-electron chi connectivity index (χ2n) is 4.48. The molecule has 1 rings (SSSR count). The van der Waals surface area contributed by atoms with Crippen molar-refractivity contribution in [2.24, 2.45) is 0 Å². The zero-order valence-corrected chi connectivity index (χ0v) is 14.4. The van der Waals surface area contributed by atoms with Crippen LogP contribution in [0, 0.1) is 0 Å². The molecule has 1 unspecified atom stereocenters. The van der Waals surface area contributed by atoms with Crippen molar-refractivity contribution in [2.45, 2.75) is 26.3 Å². The quantitative estimate of drug-likeness (QED) is 0.634. The topological polar surface area (TPSA) is 78.4 Å². The number of carboxylic acid groups (broad SMARTS) is 1. The molecular weight excluding hydrogens is 356 g/mol. The molecule has 0 radical (unpaired) electrons. The largest absolute Gasteiger partial charge is 0.478 e. The summed E-state index contributed by atoms with van der Waals surface area (Å²) < 4.78 is 0.534. The number of nitrogens with one attached hydrogen (secondary N) is 2. The molecule has 7 heteroatoms. The molecule has 0 fully saturated rings. The summed E-state index contributed by atoms with van der Waals surface area (Å²) in [5.41, 5.74) is 0.699. The highest BCUT2D eigenvalue weighted by Crippen LogP contribution is 2.23. The van der Waals surface area contributed by atoms with E-state index in [1.807, 2.05) is 18.7 Å². The first-order valence-electron chi connectivity index (χ1n) is 6.62. The number of amides is 2. The molecule has 3 N–H and O–H groups in total. The minimum Gasteiger partial charge on any atom is -0.478 e. The summed E-state index contributed by atoms with van der Waals surface area (Å²) in [7, 11) is 0. The maximum absolute atomic E-state index is 11.9. The fraction of sp³-hybridized carbons (Fsp3) is 0.429. The Balaban J connectivity index is 2.53. The maximum atomic E-state index is 11.9. The SMILES string of the molecule is CCSCCC(C)NC(=O)Nc1ccc(C(=O)O)cc1Br. The van der Waals surface area contributed by atoms with Gasteiger partial charge in [0.2, 0.25) is 0 Å². The molecule has 116 valence electrons. The van der Waals surface area contributed by atoms with Gasteiger partial charge < -0.3 is 15.7 Å². The second-order valence-corrected chi connectivity index (χ2v) is 6.73. The highest BCUT2D eigenvalue weighted by molar-refractivity contribution is 9.10. The lowest BCUT2D eigenvalue weighted by molar-refractivity contribution is 0.0697. The number of aromatic carboxylic acids is 1. The van der Waals surface area contributed by atoms with Crippen molar-refractivity contribution in [3.63, 3.8) is 0 Å². The first-order valence-corrected chi connectivity index (χ1v) is 8.57. The molecule has 0 saturated carbocycles.